The van der Waals surface area contributed by atoms with Gasteiger partial charge in [0.1, 0.15) is 0 Å². The van der Waals surface area contributed by atoms with Gasteiger partial charge < -0.3 is 0 Å². The van der Waals surface area contributed by atoms with Crippen LogP contribution in [0, 0.1) is 0 Å². The van der Waals surface area contributed by atoms with E-state index in [1.54, 1.807) is 0 Å². The van der Waals surface area contributed by atoms with E-state index in [9.17, 15) is 0 Å². The van der Waals surface area contributed by atoms with Gasteiger partial charge in [-0.05, 0) is 33.1 Å². The largest absolute Gasteiger partial charge is 0.0988 e. The van der Waals surface area contributed by atoms with Crippen molar-refractivity contribution in [1.29, 1.82) is 0 Å². The Morgan fingerprint density at radius 1 is 1.36 bits per heavy atom. The first-order valence-electron chi connectivity index (χ1n) is 4.12. The predicted octanol–water partition coefficient (Wildman–Crippen LogP) is 3.87. The number of hydrogen-bond donors (Lipinski definition) is 0. The molecule has 0 atom stereocenters. The van der Waals surface area contributed by atoms with E-state index in [1.165, 1.54) is 18.4 Å². The summed E-state index contributed by atoms with van der Waals surface area (Å²) in [4.78, 5) is 0. The Kier molecular flexibility index (Phi) is 5.54. The van der Waals surface area contributed by atoms with Crippen molar-refractivity contribution in [2.45, 2.75) is 33.1 Å². The molecule has 0 aliphatic heterocycles. The second-order valence-electron chi connectivity index (χ2n) is 2.85. The lowest BCUT2D eigenvalue weighted by Gasteiger charge is -2.00. The molecule has 0 aromatic heterocycles. The van der Waals surface area contributed by atoms with Gasteiger partial charge in [-0.1, -0.05) is 36.5 Å². The van der Waals surface area contributed by atoms with Gasteiger partial charge in [0.15, 0.2) is 0 Å². The molecule has 0 nitrogen and oxygen atoms in total. The van der Waals surface area contributed by atoms with E-state index in [1.807, 2.05) is 6.08 Å². The van der Waals surface area contributed by atoms with Crippen LogP contribution >= 0.6 is 0 Å². The first-order chi connectivity index (χ1) is 5.20. The molecule has 0 unspecified atom stereocenters. The molecule has 0 aromatic carbocycles. The minimum Gasteiger partial charge on any atom is -0.0988 e. The van der Waals surface area contributed by atoms with Crippen molar-refractivity contribution in [1.82, 2.24) is 0 Å². The number of rotatable bonds is 5. The van der Waals surface area contributed by atoms with Gasteiger partial charge in [-0.25, -0.2) is 0 Å². The Balaban J connectivity index is 3.42. The fraction of sp³-hybridized carbons (Fsp3) is 0.455. The lowest BCUT2D eigenvalue weighted by Crippen LogP contribution is -1.80. The van der Waals surface area contributed by atoms with Crippen LogP contribution < -0.4 is 0 Å². The van der Waals surface area contributed by atoms with Crippen LogP contribution in [0.1, 0.15) is 33.1 Å². The van der Waals surface area contributed by atoms with Crippen molar-refractivity contribution >= 4 is 0 Å². The predicted molar refractivity (Wildman–Crippen MR) is 52.6 cm³/mol. The van der Waals surface area contributed by atoms with Crippen LogP contribution in [-0.4, -0.2) is 0 Å². The molecule has 0 saturated heterocycles. The molecule has 0 rings (SSSR count). The maximum Gasteiger partial charge on any atom is -0.0282 e. The summed E-state index contributed by atoms with van der Waals surface area (Å²) in [6.07, 6.45) is 7.46. The molecule has 0 radical (unpaired) electrons. The molecule has 11 heavy (non-hydrogen) atoms. The van der Waals surface area contributed by atoms with Crippen LogP contribution in [-0.2, 0) is 0 Å². The SMILES string of the molecule is C=CC(=C)CCCC(C)=CC. The van der Waals surface area contributed by atoms with Crippen LogP contribution in [0.5, 0.6) is 0 Å². The molecule has 0 bridgehead atoms. The molecule has 0 aliphatic carbocycles. The Labute approximate surface area is 70.3 Å². The monoisotopic (exact) mass is 150 g/mol. The summed E-state index contributed by atoms with van der Waals surface area (Å²) >= 11 is 0. The average Bonchev–Trinajstić information content (AvgIpc) is 2.04. The van der Waals surface area contributed by atoms with Crippen LogP contribution in [0.25, 0.3) is 0 Å². The smallest absolute Gasteiger partial charge is 0.0282 e. The van der Waals surface area contributed by atoms with Crippen LogP contribution in [0.15, 0.2) is 36.5 Å². The lowest BCUT2D eigenvalue weighted by molar-refractivity contribution is 0.815. The van der Waals surface area contributed by atoms with Crippen molar-refractivity contribution in [2.75, 3.05) is 0 Å². The molecule has 0 spiro atoms. The van der Waals surface area contributed by atoms with Crippen LogP contribution in [0.3, 0.4) is 0 Å². The molecule has 0 heteroatoms. The van der Waals surface area contributed by atoms with Crippen molar-refractivity contribution in [2.24, 2.45) is 0 Å². The Hall–Kier alpha value is -0.780. The summed E-state index contributed by atoms with van der Waals surface area (Å²) in [5, 5.41) is 0. The summed E-state index contributed by atoms with van der Waals surface area (Å²) < 4.78 is 0. The minimum absolute atomic E-state index is 1.08. The van der Waals surface area contributed by atoms with Crippen molar-refractivity contribution < 1.29 is 0 Å². The van der Waals surface area contributed by atoms with Crippen molar-refractivity contribution in [3.05, 3.63) is 36.5 Å². The summed E-state index contributed by atoms with van der Waals surface area (Å²) in [5.41, 5.74) is 2.61. The topological polar surface area (TPSA) is 0 Å². The highest BCUT2D eigenvalue weighted by Gasteiger charge is 1.90. The number of allylic oxidation sites excluding steroid dienone is 4. The van der Waals surface area contributed by atoms with Crippen LogP contribution in [0.4, 0.5) is 0 Å². The Morgan fingerprint density at radius 2 is 2.00 bits per heavy atom. The normalized spacial score (nSPS) is 11.3. The molecule has 0 heterocycles. The first-order valence-corrected chi connectivity index (χ1v) is 4.12. The van der Waals surface area contributed by atoms with Gasteiger partial charge in [0.05, 0.1) is 0 Å². The van der Waals surface area contributed by atoms with Gasteiger partial charge in [-0.2, -0.15) is 0 Å². The van der Waals surface area contributed by atoms with Gasteiger partial charge in [0, 0.05) is 0 Å². The highest BCUT2D eigenvalue weighted by Crippen LogP contribution is 2.10. The maximum atomic E-state index is 3.86. The van der Waals surface area contributed by atoms with Crippen LogP contribution in [0.2, 0.25) is 0 Å². The van der Waals surface area contributed by atoms with Crippen molar-refractivity contribution in [3.63, 3.8) is 0 Å². The molecule has 0 aliphatic rings. The van der Waals surface area contributed by atoms with E-state index in [0.717, 1.165) is 12.0 Å². The third kappa shape index (κ3) is 5.65. The zero-order valence-corrected chi connectivity index (χ0v) is 7.69. The summed E-state index contributed by atoms with van der Waals surface area (Å²) in [7, 11) is 0. The van der Waals surface area contributed by atoms with Gasteiger partial charge in [0.25, 0.3) is 0 Å². The molecule has 0 aromatic rings. The van der Waals surface area contributed by atoms with Crippen molar-refractivity contribution in [3.8, 4) is 0 Å². The summed E-state index contributed by atoms with van der Waals surface area (Å²) in [5.74, 6) is 0. The third-order valence-electron chi connectivity index (χ3n) is 1.85. The van der Waals surface area contributed by atoms with Gasteiger partial charge in [0.2, 0.25) is 0 Å². The molecule has 62 valence electrons. The standard InChI is InChI=1S/C11H18/c1-5-10(3)8-7-9-11(4)6-2/h5-6H,1,3,7-9H2,2,4H3. The van der Waals surface area contributed by atoms with E-state index in [4.69, 9.17) is 0 Å². The fourth-order valence-corrected chi connectivity index (χ4v) is 0.841. The Bertz CT molecular complexity index is 159. The summed E-state index contributed by atoms with van der Waals surface area (Å²) in [6, 6.07) is 0. The zero-order valence-electron chi connectivity index (χ0n) is 7.69. The molecule has 0 N–H and O–H groups in total. The second kappa shape index (κ2) is 5.96. The van der Waals surface area contributed by atoms with E-state index >= 15 is 0 Å². The molecule has 0 amide bonds. The number of hydrogen-bond acceptors (Lipinski definition) is 0. The lowest BCUT2D eigenvalue weighted by atomic mass is 10.1. The van der Waals surface area contributed by atoms with E-state index in [2.05, 4.69) is 33.1 Å². The highest BCUT2D eigenvalue weighted by molar-refractivity contribution is 5.10. The van der Waals surface area contributed by atoms with Gasteiger partial charge >= 0.3 is 0 Å². The quantitative estimate of drug-likeness (QED) is 0.412. The second-order valence-corrected chi connectivity index (χ2v) is 2.85. The molecule has 0 saturated carbocycles. The van der Waals surface area contributed by atoms with E-state index in [-0.39, 0.29) is 0 Å². The first kappa shape index (κ1) is 10.2. The summed E-state index contributed by atoms with van der Waals surface area (Å²) in [6.45, 7) is 11.8. The van der Waals surface area contributed by atoms with E-state index < -0.39 is 0 Å². The molecule has 0 fully saturated rings. The average molecular weight is 150 g/mol. The third-order valence-corrected chi connectivity index (χ3v) is 1.85. The van der Waals surface area contributed by atoms with E-state index in [0.29, 0.717) is 0 Å². The van der Waals surface area contributed by atoms with Gasteiger partial charge in [-0.15, -0.1) is 0 Å². The highest BCUT2D eigenvalue weighted by atomic mass is 14.0. The minimum atomic E-state index is 1.08. The molecular formula is C11H18. The Morgan fingerprint density at radius 3 is 2.45 bits per heavy atom. The molecular weight excluding hydrogens is 132 g/mol. The zero-order chi connectivity index (χ0) is 8.69. The maximum absolute atomic E-state index is 3.86. The fourth-order valence-electron chi connectivity index (χ4n) is 0.841. The van der Waals surface area contributed by atoms with Gasteiger partial charge in [-0.3, -0.25) is 0 Å².